The van der Waals surface area contributed by atoms with Gasteiger partial charge in [-0.05, 0) is 61.1 Å². The van der Waals surface area contributed by atoms with Crippen molar-refractivity contribution < 1.29 is 4.39 Å². The molecule has 1 aromatic rings. The van der Waals surface area contributed by atoms with E-state index >= 15 is 0 Å². The molecule has 2 N–H and O–H groups in total. The molecule has 0 atom stereocenters. The van der Waals surface area contributed by atoms with Gasteiger partial charge in [-0.1, -0.05) is 39.3 Å². The van der Waals surface area contributed by atoms with Gasteiger partial charge in [-0.25, -0.2) is 4.39 Å². The summed E-state index contributed by atoms with van der Waals surface area (Å²) in [5, 5.41) is 0. The highest BCUT2D eigenvalue weighted by atomic mass is 19.1. The molecule has 112 valence electrons. The third kappa shape index (κ3) is 2.90. The molecular formula is C18H28FN. The Hall–Kier alpha value is -0.890. The van der Waals surface area contributed by atoms with Gasteiger partial charge in [0.2, 0.25) is 0 Å². The van der Waals surface area contributed by atoms with Crippen LogP contribution < -0.4 is 5.73 Å². The average Bonchev–Trinajstić information content (AvgIpc) is 2.42. The summed E-state index contributed by atoms with van der Waals surface area (Å²) in [6.07, 6.45) is 5.42. The van der Waals surface area contributed by atoms with E-state index < -0.39 is 0 Å². The Morgan fingerprint density at radius 1 is 1.30 bits per heavy atom. The Morgan fingerprint density at radius 2 is 1.90 bits per heavy atom. The molecule has 1 nitrogen and oxygen atoms in total. The SMILES string of the molecule is CCC(C)(C)C1CCC(N)(c2ccc(C)c(F)c2)CC1. The van der Waals surface area contributed by atoms with Crippen molar-refractivity contribution >= 4 is 0 Å². The number of halogens is 1. The van der Waals surface area contributed by atoms with Crippen molar-refractivity contribution in [1.82, 2.24) is 0 Å². The minimum Gasteiger partial charge on any atom is -0.321 e. The van der Waals surface area contributed by atoms with Crippen molar-refractivity contribution in [3.05, 3.63) is 35.1 Å². The maximum absolute atomic E-state index is 13.8. The lowest BCUT2D eigenvalue weighted by atomic mass is 9.64. The van der Waals surface area contributed by atoms with Gasteiger partial charge in [0.1, 0.15) is 5.82 Å². The third-order valence-corrected chi connectivity index (χ3v) is 5.64. The monoisotopic (exact) mass is 277 g/mol. The Morgan fingerprint density at radius 3 is 2.40 bits per heavy atom. The minimum absolute atomic E-state index is 0.136. The quantitative estimate of drug-likeness (QED) is 0.834. The molecule has 0 heterocycles. The zero-order valence-electron chi connectivity index (χ0n) is 13.3. The van der Waals surface area contributed by atoms with E-state index in [2.05, 4.69) is 20.8 Å². The molecule has 20 heavy (non-hydrogen) atoms. The van der Waals surface area contributed by atoms with Gasteiger partial charge >= 0.3 is 0 Å². The summed E-state index contributed by atoms with van der Waals surface area (Å²) in [4.78, 5) is 0. The molecule has 1 fully saturated rings. The van der Waals surface area contributed by atoms with E-state index in [1.54, 1.807) is 13.0 Å². The Labute approximate surface area is 122 Å². The largest absolute Gasteiger partial charge is 0.321 e. The van der Waals surface area contributed by atoms with E-state index in [9.17, 15) is 4.39 Å². The summed E-state index contributed by atoms with van der Waals surface area (Å²) in [5.74, 6) is 0.600. The smallest absolute Gasteiger partial charge is 0.126 e. The lowest BCUT2D eigenvalue weighted by Gasteiger charge is -2.43. The topological polar surface area (TPSA) is 26.0 Å². The maximum atomic E-state index is 13.8. The predicted octanol–water partition coefficient (Wildman–Crippen LogP) is 4.91. The highest BCUT2D eigenvalue weighted by molar-refractivity contribution is 5.29. The first kappa shape index (κ1) is 15.5. The molecule has 1 aromatic carbocycles. The Kier molecular flexibility index (Phi) is 4.24. The van der Waals surface area contributed by atoms with Gasteiger partial charge in [-0.2, -0.15) is 0 Å². The molecule has 0 radical (unpaired) electrons. The van der Waals surface area contributed by atoms with E-state index in [1.807, 2.05) is 12.1 Å². The molecule has 0 saturated heterocycles. The van der Waals surface area contributed by atoms with Crippen LogP contribution in [-0.2, 0) is 5.54 Å². The second kappa shape index (κ2) is 5.48. The Bertz CT molecular complexity index is 470. The van der Waals surface area contributed by atoms with E-state index in [-0.39, 0.29) is 11.4 Å². The van der Waals surface area contributed by atoms with E-state index in [4.69, 9.17) is 5.73 Å². The summed E-state index contributed by atoms with van der Waals surface area (Å²) in [7, 11) is 0. The average molecular weight is 277 g/mol. The van der Waals surface area contributed by atoms with Crippen molar-refractivity contribution in [3.63, 3.8) is 0 Å². The van der Waals surface area contributed by atoms with Crippen LogP contribution in [0.1, 0.15) is 64.0 Å². The van der Waals surface area contributed by atoms with Crippen LogP contribution >= 0.6 is 0 Å². The second-order valence-corrected chi connectivity index (χ2v) is 7.24. The molecular weight excluding hydrogens is 249 g/mol. The van der Waals surface area contributed by atoms with Crippen LogP contribution in [0.3, 0.4) is 0 Å². The lowest BCUT2D eigenvalue weighted by Crippen LogP contribution is -2.42. The molecule has 2 heteroatoms. The van der Waals surface area contributed by atoms with Gasteiger partial charge in [-0.15, -0.1) is 0 Å². The number of hydrogen-bond donors (Lipinski definition) is 1. The molecule has 0 aliphatic heterocycles. The number of benzene rings is 1. The fourth-order valence-electron chi connectivity index (χ4n) is 3.39. The van der Waals surface area contributed by atoms with Crippen molar-refractivity contribution in [2.45, 2.75) is 65.3 Å². The fourth-order valence-corrected chi connectivity index (χ4v) is 3.39. The van der Waals surface area contributed by atoms with Gasteiger partial charge in [0.25, 0.3) is 0 Å². The Balaban J connectivity index is 2.13. The summed E-state index contributed by atoms with van der Waals surface area (Å²) in [6.45, 7) is 8.77. The molecule has 1 aliphatic rings. The van der Waals surface area contributed by atoms with Gasteiger partial charge < -0.3 is 5.73 Å². The van der Waals surface area contributed by atoms with Gasteiger partial charge in [0.05, 0.1) is 0 Å². The van der Waals surface area contributed by atoms with Gasteiger partial charge in [0, 0.05) is 5.54 Å². The van der Waals surface area contributed by atoms with Crippen molar-refractivity contribution in [2.24, 2.45) is 17.1 Å². The molecule has 0 aromatic heterocycles. The highest BCUT2D eigenvalue weighted by Gasteiger charge is 2.38. The standard InChI is InChI=1S/C18H28FN/c1-5-17(3,4)14-8-10-18(20,11-9-14)15-7-6-13(2)16(19)12-15/h6-7,12,14H,5,8-11,20H2,1-4H3. The van der Waals surface area contributed by atoms with Crippen molar-refractivity contribution in [3.8, 4) is 0 Å². The molecule has 0 spiro atoms. The molecule has 1 saturated carbocycles. The highest BCUT2D eigenvalue weighted by Crippen LogP contribution is 2.45. The summed E-state index contributed by atoms with van der Waals surface area (Å²) in [6, 6.07) is 5.49. The van der Waals surface area contributed by atoms with Crippen LogP contribution in [0.15, 0.2) is 18.2 Å². The number of rotatable bonds is 3. The molecule has 0 amide bonds. The summed E-state index contributed by atoms with van der Waals surface area (Å²) >= 11 is 0. The zero-order valence-corrected chi connectivity index (χ0v) is 13.3. The summed E-state index contributed by atoms with van der Waals surface area (Å²) in [5.41, 5.74) is 8.29. The van der Waals surface area contributed by atoms with Crippen LogP contribution in [0, 0.1) is 24.1 Å². The van der Waals surface area contributed by atoms with Gasteiger partial charge in [0.15, 0.2) is 0 Å². The predicted molar refractivity (Wildman–Crippen MR) is 83.0 cm³/mol. The van der Waals surface area contributed by atoms with Crippen molar-refractivity contribution in [1.29, 1.82) is 0 Å². The van der Waals surface area contributed by atoms with E-state index in [1.165, 1.54) is 6.42 Å². The first-order chi connectivity index (χ1) is 9.28. The van der Waals surface area contributed by atoms with Crippen LogP contribution in [0.5, 0.6) is 0 Å². The van der Waals surface area contributed by atoms with Crippen LogP contribution in [0.4, 0.5) is 4.39 Å². The zero-order chi connectivity index (χ0) is 15.0. The molecule has 0 unspecified atom stereocenters. The molecule has 0 bridgehead atoms. The number of hydrogen-bond acceptors (Lipinski definition) is 1. The lowest BCUT2D eigenvalue weighted by molar-refractivity contribution is 0.115. The molecule has 2 rings (SSSR count). The minimum atomic E-state index is -0.338. The van der Waals surface area contributed by atoms with Gasteiger partial charge in [-0.3, -0.25) is 0 Å². The van der Waals surface area contributed by atoms with E-state index in [0.29, 0.717) is 11.0 Å². The first-order valence-corrected chi connectivity index (χ1v) is 7.84. The van der Waals surface area contributed by atoms with Crippen LogP contribution in [0.2, 0.25) is 0 Å². The van der Waals surface area contributed by atoms with E-state index in [0.717, 1.165) is 37.2 Å². The normalized spacial score (nSPS) is 27.6. The second-order valence-electron chi connectivity index (χ2n) is 7.24. The van der Waals surface area contributed by atoms with Crippen molar-refractivity contribution in [2.75, 3.05) is 0 Å². The molecule has 1 aliphatic carbocycles. The fraction of sp³-hybridized carbons (Fsp3) is 0.667. The first-order valence-electron chi connectivity index (χ1n) is 7.84. The van der Waals surface area contributed by atoms with Crippen LogP contribution in [-0.4, -0.2) is 0 Å². The van der Waals surface area contributed by atoms with Crippen LogP contribution in [0.25, 0.3) is 0 Å². The summed E-state index contributed by atoms with van der Waals surface area (Å²) < 4.78 is 13.8. The third-order valence-electron chi connectivity index (χ3n) is 5.64. The number of aryl methyl sites for hydroxylation is 1. The maximum Gasteiger partial charge on any atom is 0.126 e. The number of nitrogens with two attached hydrogens (primary N) is 1.